The van der Waals surface area contributed by atoms with Crippen molar-refractivity contribution in [1.29, 1.82) is 0 Å². The molecule has 2 aromatic rings. The maximum atomic E-state index is 11.8. The van der Waals surface area contributed by atoms with E-state index in [2.05, 4.69) is 5.10 Å². The highest BCUT2D eigenvalue weighted by Crippen LogP contribution is 2.42. The third-order valence-corrected chi connectivity index (χ3v) is 4.93. The van der Waals surface area contributed by atoms with Gasteiger partial charge in [0.2, 0.25) is 0 Å². The lowest BCUT2D eigenvalue weighted by Crippen LogP contribution is -2.25. The molecule has 2 atom stereocenters. The van der Waals surface area contributed by atoms with Gasteiger partial charge in [-0.15, -0.1) is 0 Å². The number of anilines is 1. The van der Waals surface area contributed by atoms with Crippen molar-refractivity contribution in [3.63, 3.8) is 0 Å². The van der Waals surface area contributed by atoms with Crippen molar-refractivity contribution in [2.45, 2.75) is 13.0 Å². The fourth-order valence-corrected chi connectivity index (χ4v) is 3.66. The molecule has 130 valence electrons. The SMILES string of the molecule is COc1ccc([C@H]2[C@@H](C)C(C(=O)Cl)=NN2c2ccc(Cl)cc2Cl)cc1. The highest BCUT2D eigenvalue weighted by Gasteiger charge is 2.39. The quantitative estimate of drug-likeness (QED) is 0.656. The van der Waals surface area contributed by atoms with E-state index in [-0.39, 0.29) is 12.0 Å². The first-order chi connectivity index (χ1) is 11.9. The number of carbonyl (C=O) groups excluding carboxylic acids is 1. The number of methoxy groups -OCH3 is 1. The van der Waals surface area contributed by atoms with E-state index in [0.717, 1.165) is 11.3 Å². The van der Waals surface area contributed by atoms with Gasteiger partial charge in [0.05, 0.1) is 23.9 Å². The zero-order valence-corrected chi connectivity index (χ0v) is 15.8. The Balaban J connectivity index is 2.08. The van der Waals surface area contributed by atoms with Gasteiger partial charge >= 0.3 is 0 Å². The van der Waals surface area contributed by atoms with E-state index in [1.807, 2.05) is 31.2 Å². The van der Waals surface area contributed by atoms with Crippen LogP contribution in [0.1, 0.15) is 18.5 Å². The molecular weight excluding hydrogens is 383 g/mol. The molecule has 25 heavy (non-hydrogen) atoms. The van der Waals surface area contributed by atoms with Gasteiger partial charge < -0.3 is 4.74 Å². The van der Waals surface area contributed by atoms with Gasteiger partial charge in [0.15, 0.2) is 0 Å². The lowest BCUT2D eigenvalue weighted by Gasteiger charge is -2.27. The minimum atomic E-state index is -0.571. The van der Waals surface area contributed by atoms with Gasteiger partial charge in [-0.1, -0.05) is 42.3 Å². The molecule has 0 aromatic heterocycles. The number of carbonyl (C=O) groups is 1. The summed E-state index contributed by atoms with van der Waals surface area (Å²) in [5, 5.41) is 6.57. The second kappa shape index (κ2) is 7.24. The number of nitrogens with zero attached hydrogens (tertiary/aromatic N) is 2. The van der Waals surface area contributed by atoms with Crippen molar-refractivity contribution in [2.75, 3.05) is 12.1 Å². The average Bonchev–Trinajstić information content (AvgIpc) is 2.92. The molecule has 0 N–H and O–H groups in total. The van der Waals surface area contributed by atoms with Gasteiger partial charge in [0.25, 0.3) is 5.24 Å². The first-order valence-corrected chi connectivity index (χ1v) is 8.72. The molecule has 1 heterocycles. The molecule has 0 bridgehead atoms. The Labute approximate surface area is 160 Å². The monoisotopic (exact) mass is 396 g/mol. The molecule has 0 unspecified atom stereocenters. The van der Waals surface area contributed by atoms with Crippen molar-refractivity contribution in [2.24, 2.45) is 11.0 Å². The number of ether oxygens (including phenoxy) is 1. The summed E-state index contributed by atoms with van der Waals surface area (Å²) in [7, 11) is 1.61. The molecule has 0 saturated heterocycles. The second-order valence-electron chi connectivity index (χ2n) is 5.71. The molecule has 2 aromatic carbocycles. The number of hydrazone groups is 1. The first kappa shape index (κ1) is 18.1. The summed E-state index contributed by atoms with van der Waals surface area (Å²) in [6, 6.07) is 12.5. The zero-order valence-electron chi connectivity index (χ0n) is 13.5. The van der Waals surface area contributed by atoms with Crippen LogP contribution in [-0.4, -0.2) is 18.1 Å². The third kappa shape index (κ3) is 3.47. The molecule has 3 rings (SSSR count). The van der Waals surface area contributed by atoms with Crippen LogP contribution in [-0.2, 0) is 4.79 Å². The summed E-state index contributed by atoms with van der Waals surface area (Å²) in [6.45, 7) is 1.91. The minimum absolute atomic E-state index is 0.204. The standard InChI is InChI=1S/C18H15Cl3N2O2/c1-10-16(18(21)24)22-23(15-8-5-12(19)9-14(15)20)17(10)11-3-6-13(25-2)7-4-11/h3-10,17H,1-2H3/t10-,17+/m0/s1. The Bertz CT molecular complexity index is 837. The molecular formula is C18H15Cl3N2O2. The van der Waals surface area contributed by atoms with Gasteiger partial charge in [0, 0.05) is 10.9 Å². The minimum Gasteiger partial charge on any atom is -0.497 e. The highest BCUT2D eigenvalue weighted by molar-refractivity contribution is 6.82. The summed E-state index contributed by atoms with van der Waals surface area (Å²) in [6.07, 6.45) is 0. The molecule has 0 fully saturated rings. The smallest absolute Gasteiger partial charge is 0.268 e. The van der Waals surface area contributed by atoms with E-state index in [9.17, 15) is 4.79 Å². The molecule has 1 aliphatic rings. The van der Waals surface area contributed by atoms with Gasteiger partial charge in [-0.05, 0) is 47.5 Å². The number of hydrogen-bond acceptors (Lipinski definition) is 4. The van der Waals surface area contributed by atoms with Crippen LogP contribution in [0.4, 0.5) is 5.69 Å². The lowest BCUT2D eigenvalue weighted by atomic mass is 9.91. The van der Waals surface area contributed by atoms with Gasteiger partial charge in [0.1, 0.15) is 11.5 Å². The topological polar surface area (TPSA) is 41.9 Å². The Morgan fingerprint density at radius 2 is 1.84 bits per heavy atom. The van der Waals surface area contributed by atoms with Gasteiger partial charge in [-0.2, -0.15) is 5.10 Å². The van der Waals surface area contributed by atoms with Gasteiger partial charge in [-0.25, -0.2) is 0 Å². The number of halogens is 3. The maximum absolute atomic E-state index is 11.8. The molecule has 0 spiro atoms. The van der Waals surface area contributed by atoms with Crippen molar-refractivity contribution in [3.8, 4) is 5.75 Å². The van der Waals surface area contributed by atoms with Crippen LogP contribution in [0.5, 0.6) is 5.75 Å². The van der Waals surface area contributed by atoms with E-state index >= 15 is 0 Å². The molecule has 4 nitrogen and oxygen atoms in total. The van der Waals surface area contributed by atoms with Crippen LogP contribution >= 0.6 is 34.8 Å². The fourth-order valence-electron chi connectivity index (χ4n) is 2.95. The molecule has 0 aliphatic carbocycles. The van der Waals surface area contributed by atoms with Crippen LogP contribution in [0.25, 0.3) is 0 Å². The molecule has 1 aliphatic heterocycles. The Hall–Kier alpha value is -1.75. The predicted octanol–water partition coefficient (Wildman–Crippen LogP) is 5.32. The summed E-state index contributed by atoms with van der Waals surface area (Å²) < 4.78 is 5.21. The predicted molar refractivity (Wildman–Crippen MR) is 102 cm³/mol. The van der Waals surface area contributed by atoms with E-state index in [1.54, 1.807) is 30.3 Å². The van der Waals surface area contributed by atoms with Gasteiger partial charge in [-0.3, -0.25) is 9.80 Å². The summed E-state index contributed by atoms with van der Waals surface area (Å²) in [5.74, 6) is 0.546. The third-order valence-electron chi connectivity index (χ3n) is 4.20. The van der Waals surface area contributed by atoms with Crippen LogP contribution in [0.15, 0.2) is 47.6 Å². The summed E-state index contributed by atoms with van der Waals surface area (Å²) in [4.78, 5) is 11.8. The Kier molecular flexibility index (Phi) is 5.23. The van der Waals surface area contributed by atoms with Crippen molar-refractivity contribution in [3.05, 3.63) is 58.1 Å². The average molecular weight is 398 g/mol. The Morgan fingerprint density at radius 3 is 2.40 bits per heavy atom. The lowest BCUT2D eigenvalue weighted by molar-refractivity contribution is -0.106. The summed E-state index contributed by atoms with van der Waals surface area (Å²) in [5.41, 5.74) is 1.93. The van der Waals surface area contributed by atoms with E-state index in [1.165, 1.54) is 0 Å². The zero-order chi connectivity index (χ0) is 18.1. The molecule has 0 amide bonds. The van der Waals surface area contributed by atoms with E-state index in [4.69, 9.17) is 39.5 Å². The number of rotatable bonds is 4. The molecule has 0 saturated carbocycles. The molecule has 0 radical (unpaired) electrons. The number of benzene rings is 2. The largest absolute Gasteiger partial charge is 0.497 e. The van der Waals surface area contributed by atoms with Crippen LogP contribution in [0.3, 0.4) is 0 Å². The number of hydrogen-bond donors (Lipinski definition) is 0. The second-order valence-corrected chi connectivity index (χ2v) is 6.89. The molecule has 7 heteroatoms. The maximum Gasteiger partial charge on any atom is 0.268 e. The van der Waals surface area contributed by atoms with Crippen LogP contribution < -0.4 is 9.75 Å². The van der Waals surface area contributed by atoms with Crippen molar-refractivity contribution in [1.82, 2.24) is 0 Å². The van der Waals surface area contributed by atoms with E-state index < -0.39 is 5.24 Å². The van der Waals surface area contributed by atoms with E-state index in [0.29, 0.717) is 21.4 Å². The van der Waals surface area contributed by atoms with Crippen LogP contribution in [0, 0.1) is 5.92 Å². The fraction of sp³-hybridized carbons (Fsp3) is 0.222. The van der Waals surface area contributed by atoms with Crippen molar-refractivity contribution >= 4 is 51.4 Å². The summed E-state index contributed by atoms with van der Waals surface area (Å²) >= 11 is 18.1. The normalized spacial score (nSPS) is 19.7. The van der Waals surface area contributed by atoms with Crippen molar-refractivity contribution < 1.29 is 9.53 Å². The first-order valence-electron chi connectivity index (χ1n) is 7.59. The Morgan fingerprint density at radius 1 is 1.16 bits per heavy atom. The van der Waals surface area contributed by atoms with Crippen LogP contribution in [0.2, 0.25) is 10.0 Å². The highest BCUT2D eigenvalue weighted by atomic mass is 35.5.